The monoisotopic (exact) mass is 345 g/mol. The van der Waals surface area contributed by atoms with Crippen LogP contribution in [0, 0.1) is 6.92 Å². The summed E-state index contributed by atoms with van der Waals surface area (Å²) in [4.78, 5) is 0.416. The summed E-state index contributed by atoms with van der Waals surface area (Å²) in [5.74, 6) is 0. The second kappa shape index (κ2) is 6.37. The fourth-order valence-electron chi connectivity index (χ4n) is 2.23. The minimum atomic E-state index is -3.34. The van der Waals surface area contributed by atoms with Crippen molar-refractivity contribution in [3.05, 3.63) is 29.8 Å². The van der Waals surface area contributed by atoms with Gasteiger partial charge in [-0.25, -0.2) is 8.42 Å². The summed E-state index contributed by atoms with van der Waals surface area (Å²) in [6.45, 7) is 2.57. The van der Waals surface area contributed by atoms with Gasteiger partial charge in [0.2, 0.25) is 10.0 Å². The van der Waals surface area contributed by atoms with Crippen LogP contribution < -0.4 is 0 Å². The molecule has 0 aromatic heterocycles. The Kier molecular flexibility index (Phi) is 5.03. The molecule has 1 aliphatic carbocycles. The van der Waals surface area contributed by atoms with Gasteiger partial charge >= 0.3 is 0 Å². The minimum absolute atomic E-state index is 0.199. The highest BCUT2D eigenvalue weighted by Gasteiger charge is 2.34. The van der Waals surface area contributed by atoms with Gasteiger partial charge < -0.3 is 0 Å². The highest BCUT2D eigenvalue weighted by atomic mass is 79.9. The Balaban J connectivity index is 2.24. The van der Waals surface area contributed by atoms with E-state index in [0.29, 0.717) is 11.4 Å². The molecule has 2 rings (SSSR count). The number of alkyl halides is 1. The molecular weight excluding hydrogens is 326 g/mol. The molecule has 0 N–H and O–H groups in total. The summed E-state index contributed by atoms with van der Waals surface area (Å²) in [5, 5.41) is 0.833. The van der Waals surface area contributed by atoms with Crippen LogP contribution in [-0.2, 0) is 10.0 Å². The molecule has 0 atom stereocenters. The van der Waals surface area contributed by atoms with E-state index in [1.54, 1.807) is 16.4 Å². The zero-order valence-corrected chi connectivity index (χ0v) is 13.6. The third-order valence-electron chi connectivity index (χ3n) is 3.62. The van der Waals surface area contributed by atoms with Gasteiger partial charge in [0, 0.05) is 17.9 Å². The van der Waals surface area contributed by atoms with Gasteiger partial charge in [0.25, 0.3) is 0 Å². The summed E-state index contributed by atoms with van der Waals surface area (Å²) < 4.78 is 27.1. The van der Waals surface area contributed by atoms with E-state index < -0.39 is 10.0 Å². The van der Waals surface area contributed by atoms with Crippen molar-refractivity contribution in [1.82, 2.24) is 4.31 Å². The molecule has 0 unspecified atom stereocenters. The summed E-state index contributed by atoms with van der Waals surface area (Å²) in [6, 6.07) is 7.34. The SMILES string of the molecule is Cc1ccc(S(=O)(=O)N(CCCBr)C2CCC2)cc1. The smallest absolute Gasteiger partial charge is 0.207 e. The van der Waals surface area contributed by atoms with Crippen LogP contribution in [0.2, 0.25) is 0 Å². The molecule has 3 nitrogen and oxygen atoms in total. The topological polar surface area (TPSA) is 37.4 Å². The maximum atomic E-state index is 12.7. The first-order chi connectivity index (χ1) is 9.05. The molecule has 1 aromatic rings. The Bertz CT molecular complexity index is 509. The summed E-state index contributed by atoms with van der Waals surface area (Å²) in [6.07, 6.45) is 3.97. The first-order valence-corrected chi connectivity index (χ1v) is 9.26. The van der Waals surface area contributed by atoms with Gasteiger partial charge in [-0.3, -0.25) is 0 Å². The van der Waals surface area contributed by atoms with E-state index in [-0.39, 0.29) is 6.04 Å². The van der Waals surface area contributed by atoms with Gasteiger partial charge in [-0.15, -0.1) is 0 Å². The van der Waals surface area contributed by atoms with Crippen molar-refractivity contribution in [2.75, 3.05) is 11.9 Å². The maximum Gasteiger partial charge on any atom is 0.243 e. The number of nitrogens with zero attached hydrogens (tertiary/aromatic N) is 1. The molecule has 0 radical (unpaired) electrons. The van der Waals surface area contributed by atoms with Crippen molar-refractivity contribution in [3.63, 3.8) is 0 Å². The lowest BCUT2D eigenvalue weighted by Gasteiger charge is -2.36. The molecule has 0 heterocycles. The molecule has 1 saturated carbocycles. The van der Waals surface area contributed by atoms with Crippen LogP contribution in [0.4, 0.5) is 0 Å². The quantitative estimate of drug-likeness (QED) is 0.741. The first-order valence-electron chi connectivity index (χ1n) is 6.70. The fourth-order valence-corrected chi connectivity index (χ4v) is 4.21. The van der Waals surface area contributed by atoms with Crippen LogP contribution in [-0.4, -0.2) is 30.6 Å². The average molecular weight is 346 g/mol. The second-order valence-electron chi connectivity index (χ2n) is 5.06. The lowest BCUT2D eigenvalue weighted by atomic mass is 9.93. The molecule has 1 aromatic carbocycles. The van der Waals surface area contributed by atoms with E-state index in [1.165, 1.54) is 0 Å². The highest BCUT2D eigenvalue weighted by molar-refractivity contribution is 9.09. The number of rotatable bonds is 6. The fraction of sp³-hybridized carbons (Fsp3) is 0.571. The lowest BCUT2D eigenvalue weighted by Crippen LogP contribution is -2.44. The van der Waals surface area contributed by atoms with Crippen LogP contribution in [0.1, 0.15) is 31.2 Å². The third-order valence-corrected chi connectivity index (χ3v) is 6.15. The average Bonchev–Trinajstić information content (AvgIpc) is 2.32. The van der Waals surface area contributed by atoms with Gasteiger partial charge in [0.05, 0.1) is 4.90 Å². The Morgan fingerprint density at radius 1 is 1.26 bits per heavy atom. The van der Waals surface area contributed by atoms with Crippen molar-refractivity contribution in [3.8, 4) is 0 Å². The second-order valence-corrected chi connectivity index (χ2v) is 7.74. The summed E-state index contributed by atoms with van der Waals surface area (Å²) in [5.41, 5.74) is 1.08. The summed E-state index contributed by atoms with van der Waals surface area (Å²) >= 11 is 3.38. The molecule has 0 aliphatic heterocycles. The molecule has 0 bridgehead atoms. The van der Waals surface area contributed by atoms with E-state index >= 15 is 0 Å². The lowest BCUT2D eigenvalue weighted by molar-refractivity contribution is 0.220. The Morgan fingerprint density at radius 3 is 2.37 bits per heavy atom. The van der Waals surface area contributed by atoms with E-state index in [0.717, 1.165) is 36.6 Å². The predicted molar refractivity (Wildman–Crippen MR) is 81.1 cm³/mol. The number of halogens is 1. The van der Waals surface area contributed by atoms with Gasteiger partial charge in [0.1, 0.15) is 0 Å². The molecule has 5 heteroatoms. The van der Waals surface area contributed by atoms with Crippen molar-refractivity contribution in [2.24, 2.45) is 0 Å². The Hall–Kier alpha value is -0.390. The predicted octanol–water partition coefficient (Wildman–Crippen LogP) is 3.32. The first kappa shape index (κ1) is 15.0. The highest BCUT2D eigenvalue weighted by Crippen LogP contribution is 2.30. The Morgan fingerprint density at radius 2 is 1.89 bits per heavy atom. The molecule has 0 spiro atoms. The van der Waals surface area contributed by atoms with Crippen LogP contribution in [0.25, 0.3) is 0 Å². The van der Waals surface area contributed by atoms with Gasteiger partial charge in [-0.2, -0.15) is 4.31 Å². The van der Waals surface area contributed by atoms with Crippen molar-refractivity contribution in [1.29, 1.82) is 0 Å². The van der Waals surface area contributed by atoms with Crippen molar-refractivity contribution in [2.45, 2.75) is 43.5 Å². The number of sulfonamides is 1. The van der Waals surface area contributed by atoms with Crippen LogP contribution in [0.15, 0.2) is 29.2 Å². The van der Waals surface area contributed by atoms with Crippen LogP contribution >= 0.6 is 15.9 Å². The van der Waals surface area contributed by atoms with Crippen molar-refractivity contribution >= 4 is 26.0 Å². The van der Waals surface area contributed by atoms with Crippen LogP contribution in [0.3, 0.4) is 0 Å². The minimum Gasteiger partial charge on any atom is -0.207 e. The van der Waals surface area contributed by atoms with E-state index in [2.05, 4.69) is 15.9 Å². The van der Waals surface area contributed by atoms with E-state index in [1.807, 2.05) is 19.1 Å². The number of aryl methyl sites for hydroxylation is 1. The third kappa shape index (κ3) is 3.38. The van der Waals surface area contributed by atoms with E-state index in [9.17, 15) is 8.42 Å². The molecule has 1 aliphatic rings. The van der Waals surface area contributed by atoms with Crippen LogP contribution in [0.5, 0.6) is 0 Å². The number of hydrogen-bond acceptors (Lipinski definition) is 2. The Labute approximate surface area is 124 Å². The van der Waals surface area contributed by atoms with E-state index in [4.69, 9.17) is 0 Å². The molecule has 0 saturated heterocycles. The molecule has 19 heavy (non-hydrogen) atoms. The number of hydrogen-bond donors (Lipinski definition) is 0. The van der Waals surface area contributed by atoms with Crippen molar-refractivity contribution < 1.29 is 8.42 Å². The zero-order valence-electron chi connectivity index (χ0n) is 11.2. The standard InChI is InChI=1S/C14H20BrNO2S/c1-12-6-8-14(9-7-12)19(17,18)16(11-3-10-15)13-4-2-5-13/h6-9,13H,2-5,10-11H2,1H3. The normalized spacial score (nSPS) is 16.6. The zero-order chi connectivity index (χ0) is 13.9. The summed E-state index contributed by atoms with van der Waals surface area (Å²) in [7, 11) is -3.34. The number of benzene rings is 1. The molecular formula is C14H20BrNO2S. The molecule has 0 amide bonds. The molecule has 106 valence electrons. The molecule has 1 fully saturated rings. The largest absolute Gasteiger partial charge is 0.243 e. The maximum absolute atomic E-state index is 12.7. The van der Waals surface area contributed by atoms with Gasteiger partial charge in [0.15, 0.2) is 0 Å². The van der Waals surface area contributed by atoms with Gasteiger partial charge in [-0.05, 0) is 38.3 Å². The van der Waals surface area contributed by atoms with Gasteiger partial charge in [-0.1, -0.05) is 40.0 Å².